The van der Waals surface area contributed by atoms with E-state index in [4.69, 9.17) is 14.2 Å². The molecule has 0 spiro atoms. The predicted molar refractivity (Wildman–Crippen MR) is 216 cm³/mol. The normalized spacial score (nSPS) is 11.8. The number of hydrogen-bond acceptors (Lipinski definition) is 7. The standard InChI is InChI=1S/C45H70N2O7/c1-45(2,3)54-44(51)46-35-27-26-32-40(43(50)53-37-39-30-22-19-23-31-39)47-41(48)33-24-16-14-12-10-8-6-4-5-7-9-11-13-15-17-25-34-42(49)52-36-38-28-20-18-21-29-38/h18-23,28-31,40H,4-17,24-27,32-37H2,1-3H3,(H,46,51)(H,47,48). The van der Waals surface area contributed by atoms with Crippen LogP contribution in [0.25, 0.3) is 0 Å². The number of nitrogens with one attached hydrogen (secondary N) is 2. The number of amides is 2. The maximum atomic E-state index is 12.9. The van der Waals surface area contributed by atoms with E-state index < -0.39 is 23.7 Å². The lowest BCUT2D eigenvalue weighted by molar-refractivity contribution is -0.149. The predicted octanol–water partition coefficient (Wildman–Crippen LogP) is 10.7. The van der Waals surface area contributed by atoms with E-state index in [-0.39, 0.29) is 18.5 Å². The maximum Gasteiger partial charge on any atom is 0.407 e. The van der Waals surface area contributed by atoms with E-state index >= 15 is 0 Å². The summed E-state index contributed by atoms with van der Waals surface area (Å²) in [5, 5.41) is 5.65. The smallest absolute Gasteiger partial charge is 0.407 e. The summed E-state index contributed by atoms with van der Waals surface area (Å²) in [5.41, 5.74) is 1.36. The second kappa shape index (κ2) is 29.5. The van der Waals surface area contributed by atoms with Crippen molar-refractivity contribution in [2.45, 2.75) is 180 Å². The van der Waals surface area contributed by atoms with Crippen LogP contribution in [0.2, 0.25) is 0 Å². The molecule has 54 heavy (non-hydrogen) atoms. The van der Waals surface area contributed by atoms with Crippen LogP contribution in [0.15, 0.2) is 60.7 Å². The Labute approximate surface area is 326 Å². The number of unbranched alkanes of at least 4 members (excludes halogenated alkanes) is 16. The van der Waals surface area contributed by atoms with Crippen LogP contribution in [0.3, 0.4) is 0 Å². The molecule has 0 saturated carbocycles. The van der Waals surface area contributed by atoms with Gasteiger partial charge < -0.3 is 24.8 Å². The van der Waals surface area contributed by atoms with Gasteiger partial charge in [-0.1, -0.05) is 151 Å². The molecule has 9 heteroatoms. The molecular weight excluding hydrogens is 681 g/mol. The van der Waals surface area contributed by atoms with E-state index in [0.717, 1.165) is 43.2 Å². The van der Waals surface area contributed by atoms with E-state index in [9.17, 15) is 19.2 Å². The molecular formula is C45H70N2O7. The van der Waals surface area contributed by atoms with E-state index in [1.54, 1.807) is 0 Å². The molecule has 1 atom stereocenters. The van der Waals surface area contributed by atoms with Crippen molar-refractivity contribution in [3.8, 4) is 0 Å². The summed E-state index contributed by atoms with van der Waals surface area (Å²) in [6, 6.07) is 18.6. The Kier molecular flexibility index (Phi) is 25.3. The van der Waals surface area contributed by atoms with Crippen molar-refractivity contribution in [2.75, 3.05) is 6.54 Å². The Morgan fingerprint density at radius 1 is 0.556 bits per heavy atom. The Morgan fingerprint density at radius 2 is 1.00 bits per heavy atom. The van der Waals surface area contributed by atoms with Gasteiger partial charge in [-0.3, -0.25) is 9.59 Å². The van der Waals surface area contributed by atoms with Crippen LogP contribution < -0.4 is 10.6 Å². The van der Waals surface area contributed by atoms with Crippen LogP contribution in [-0.2, 0) is 41.8 Å². The number of esters is 2. The lowest BCUT2D eigenvalue weighted by atomic mass is 10.0. The Hall–Kier alpha value is -3.88. The summed E-state index contributed by atoms with van der Waals surface area (Å²) in [6.45, 7) is 6.40. The monoisotopic (exact) mass is 751 g/mol. The van der Waals surface area contributed by atoms with Crippen molar-refractivity contribution in [3.05, 3.63) is 71.8 Å². The highest BCUT2D eigenvalue weighted by Crippen LogP contribution is 2.15. The number of alkyl carbamates (subject to hydrolysis) is 1. The van der Waals surface area contributed by atoms with Crippen molar-refractivity contribution in [1.29, 1.82) is 0 Å². The molecule has 1 unspecified atom stereocenters. The molecule has 2 N–H and O–H groups in total. The van der Waals surface area contributed by atoms with Gasteiger partial charge in [0.2, 0.25) is 5.91 Å². The highest BCUT2D eigenvalue weighted by Gasteiger charge is 2.22. The molecule has 0 radical (unpaired) electrons. The highest BCUT2D eigenvalue weighted by molar-refractivity contribution is 5.84. The average Bonchev–Trinajstić information content (AvgIpc) is 3.15. The first-order chi connectivity index (χ1) is 26.1. The summed E-state index contributed by atoms with van der Waals surface area (Å²) in [4.78, 5) is 49.5. The van der Waals surface area contributed by atoms with Crippen LogP contribution in [0.5, 0.6) is 0 Å². The van der Waals surface area contributed by atoms with Gasteiger partial charge in [-0.05, 0) is 64.0 Å². The van der Waals surface area contributed by atoms with Gasteiger partial charge in [0.25, 0.3) is 0 Å². The minimum atomic E-state index is -0.720. The minimum Gasteiger partial charge on any atom is -0.461 e. The third-order valence-corrected chi connectivity index (χ3v) is 9.21. The number of carbonyl (C=O) groups is 4. The van der Waals surface area contributed by atoms with Crippen molar-refractivity contribution in [1.82, 2.24) is 10.6 Å². The molecule has 0 heterocycles. The molecule has 0 aliphatic heterocycles. The molecule has 2 rings (SSSR count). The fourth-order valence-electron chi connectivity index (χ4n) is 6.16. The summed E-state index contributed by atoms with van der Waals surface area (Å²) >= 11 is 0. The quantitative estimate of drug-likeness (QED) is 0.0463. The van der Waals surface area contributed by atoms with E-state index in [1.807, 2.05) is 81.4 Å². The highest BCUT2D eigenvalue weighted by atomic mass is 16.6. The zero-order chi connectivity index (χ0) is 39.1. The molecule has 0 fully saturated rings. The first kappa shape index (κ1) is 46.3. The van der Waals surface area contributed by atoms with Gasteiger partial charge in [-0.25, -0.2) is 9.59 Å². The summed E-state index contributed by atoms with van der Waals surface area (Å²) in [5.74, 6) is -0.656. The van der Waals surface area contributed by atoms with Gasteiger partial charge in [0.1, 0.15) is 24.9 Å². The average molecular weight is 751 g/mol. The van der Waals surface area contributed by atoms with Crippen molar-refractivity contribution < 1.29 is 33.4 Å². The van der Waals surface area contributed by atoms with Crippen LogP contribution in [0.1, 0.15) is 167 Å². The molecule has 0 aliphatic rings. The number of rotatable bonds is 30. The molecule has 2 aromatic rings. The van der Waals surface area contributed by atoms with Crippen molar-refractivity contribution in [3.63, 3.8) is 0 Å². The van der Waals surface area contributed by atoms with Crippen LogP contribution in [0, 0.1) is 0 Å². The molecule has 0 bridgehead atoms. The van der Waals surface area contributed by atoms with Gasteiger partial charge in [0.05, 0.1) is 0 Å². The molecule has 0 aliphatic carbocycles. The Morgan fingerprint density at radius 3 is 1.48 bits per heavy atom. The van der Waals surface area contributed by atoms with Crippen molar-refractivity contribution >= 4 is 23.9 Å². The van der Waals surface area contributed by atoms with Crippen LogP contribution in [-0.4, -0.2) is 42.1 Å². The Balaban J connectivity index is 1.44. The van der Waals surface area contributed by atoms with Crippen molar-refractivity contribution in [2.24, 2.45) is 0 Å². The van der Waals surface area contributed by atoms with Crippen LogP contribution in [0.4, 0.5) is 4.79 Å². The van der Waals surface area contributed by atoms with Gasteiger partial charge >= 0.3 is 18.0 Å². The Bertz CT molecular complexity index is 1280. The SMILES string of the molecule is CC(C)(C)OC(=O)NCCCCC(NC(=O)CCCCCCCCCCCCCCCCCCC(=O)OCc1ccccc1)C(=O)OCc1ccccc1. The number of carbonyl (C=O) groups excluding carboxylic acids is 4. The fraction of sp³-hybridized carbons (Fsp3) is 0.644. The zero-order valence-electron chi connectivity index (χ0n) is 33.7. The van der Waals surface area contributed by atoms with Gasteiger partial charge in [0, 0.05) is 19.4 Å². The molecule has 0 saturated heterocycles. The number of ether oxygens (including phenoxy) is 3. The lowest BCUT2D eigenvalue weighted by Crippen LogP contribution is -2.41. The molecule has 302 valence electrons. The number of hydrogen-bond donors (Lipinski definition) is 2. The molecule has 9 nitrogen and oxygen atoms in total. The van der Waals surface area contributed by atoms with Gasteiger partial charge in [0.15, 0.2) is 0 Å². The van der Waals surface area contributed by atoms with E-state index in [2.05, 4.69) is 10.6 Å². The summed E-state index contributed by atoms with van der Waals surface area (Å²) < 4.78 is 16.2. The maximum absolute atomic E-state index is 12.9. The molecule has 2 aromatic carbocycles. The van der Waals surface area contributed by atoms with Crippen LogP contribution >= 0.6 is 0 Å². The second-order valence-electron chi connectivity index (χ2n) is 15.4. The van der Waals surface area contributed by atoms with E-state index in [1.165, 1.54) is 70.6 Å². The molecule has 2 amide bonds. The molecule has 0 aromatic heterocycles. The first-order valence-electron chi connectivity index (χ1n) is 20.8. The third kappa shape index (κ3) is 26.0. The second-order valence-corrected chi connectivity index (χ2v) is 15.4. The van der Waals surface area contributed by atoms with Gasteiger partial charge in [-0.15, -0.1) is 0 Å². The fourth-order valence-corrected chi connectivity index (χ4v) is 6.16. The third-order valence-electron chi connectivity index (χ3n) is 9.21. The van der Waals surface area contributed by atoms with Gasteiger partial charge in [-0.2, -0.15) is 0 Å². The zero-order valence-corrected chi connectivity index (χ0v) is 33.7. The minimum absolute atomic E-state index is 0.0963. The summed E-state index contributed by atoms with van der Waals surface area (Å²) in [6.07, 6.45) is 21.1. The number of benzene rings is 2. The first-order valence-corrected chi connectivity index (χ1v) is 20.8. The van der Waals surface area contributed by atoms with E-state index in [0.29, 0.717) is 45.3 Å². The topological polar surface area (TPSA) is 120 Å². The lowest BCUT2D eigenvalue weighted by Gasteiger charge is -2.20. The largest absolute Gasteiger partial charge is 0.461 e. The summed E-state index contributed by atoms with van der Waals surface area (Å²) in [7, 11) is 0.